The van der Waals surface area contributed by atoms with E-state index in [-0.39, 0.29) is 24.0 Å². The lowest BCUT2D eigenvalue weighted by Crippen LogP contribution is -2.38. The molecule has 160 valence electrons. The van der Waals surface area contributed by atoms with Crippen LogP contribution in [0.25, 0.3) is 0 Å². The second-order valence-corrected chi connectivity index (χ2v) is 8.04. The summed E-state index contributed by atoms with van der Waals surface area (Å²) < 4.78 is 13.0. The van der Waals surface area contributed by atoms with Gasteiger partial charge in [-0.1, -0.05) is 24.3 Å². The van der Waals surface area contributed by atoms with Crippen molar-refractivity contribution in [2.24, 2.45) is 5.73 Å². The average Bonchev–Trinajstić information content (AvgIpc) is 2.70. The Hall–Kier alpha value is -2.87. The highest BCUT2D eigenvalue weighted by Crippen LogP contribution is 2.20. The number of aliphatic carboxylic acids is 1. The highest BCUT2D eigenvalue weighted by atomic mass is 32.2. The van der Waals surface area contributed by atoms with Gasteiger partial charge in [-0.2, -0.15) is 0 Å². The van der Waals surface area contributed by atoms with Gasteiger partial charge < -0.3 is 16.2 Å². The van der Waals surface area contributed by atoms with Gasteiger partial charge in [-0.25, -0.2) is 4.39 Å². The number of halogens is 1. The number of nitrogens with two attached hydrogens (primary N) is 1. The van der Waals surface area contributed by atoms with E-state index >= 15 is 0 Å². The molecular formula is C22H26FN3O3S. The number of hydrogen-bond acceptors (Lipinski definition) is 4. The van der Waals surface area contributed by atoms with Gasteiger partial charge in [0.1, 0.15) is 11.7 Å². The molecule has 0 aromatic heterocycles. The lowest BCUT2D eigenvalue weighted by Gasteiger charge is -2.16. The predicted molar refractivity (Wildman–Crippen MR) is 116 cm³/mol. The minimum atomic E-state index is -0.978. The minimum absolute atomic E-state index is 0.0340. The maximum Gasteiger partial charge on any atom is 0.305 e. The van der Waals surface area contributed by atoms with E-state index < -0.39 is 12.0 Å². The smallest absolute Gasteiger partial charge is 0.305 e. The number of aryl methyl sites for hydroxylation is 1. The zero-order chi connectivity index (χ0) is 21.9. The van der Waals surface area contributed by atoms with E-state index in [1.54, 1.807) is 24.3 Å². The number of hydrogen-bond donors (Lipinski definition) is 4. The van der Waals surface area contributed by atoms with Crippen LogP contribution in [-0.4, -0.2) is 34.6 Å². The number of nitrogens with one attached hydrogen (secondary N) is 2. The molecule has 0 aliphatic heterocycles. The Bertz CT molecular complexity index is 857. The largest absolute Gasteiger partial charge is 0.481 e. The van der Waals surface area contributed by atoms with Crippen LogP contribution in [0.2, 0.25) is 0 Å². The molecule has 8 heteroatoms. The molecule has 1 amide bonds. The number of carboxylic acids is 1. The van der Waals surface area contributed by atoms with Crippen molar-refractivity contribution < 1.29 is 19.1 Å². The number of carbonyl (C=O) groups is 2. The van der Waals surface area contributed by atoms with Crippen molar-refractivity contribution in [1.29, 1.82) is 5.41 Å². The van der Waals surface area contributed by atoms with Crippen molar-refractivity contribution in [2.75, 3.05) is 5.75 Å². The first-order valence-corrected chi connectivity index (χ1v) is 10.6. The van der Waals surface area contributed by atoms with E-state index in [1.165, 1.54) is 23.9 Å². The van der Waals surface area contributed by atoms with Crippen LogP contribution in [0.4, 0.5) is 4.39 Å². The number of thioether (sulfide) groups is 1. The van der Waals surface area contributed by atoms with E-state index in [9.17, 15) is 14.0 Å². The topological polar surface area (TPSA) is 116 Å². The molecule has 0 fully saturated rings. The van der Waals surface area contributed by atoms with Crippen molar-refractivity contribution >= 4 is 29.5 Å². The third-order valence-electron chi connectivity index (χ3n) is 4.44. The molecule has 0 radical (unpaired) electrons. The maximum absolute atomic E-state index is 13.0. The minimum Gasteiger partial charge on any atom is -0.481 e. The molecule has 0 aliphatic rings. The number of unbranched alkanes of at least 4 members (excludes halogenated alkanes) is 1. The number of rotatable bonds is 12. The van der Waals surface area contributed by atoms with Gasteiger partial charge in [-0.05, 0) is 49.1 Å². The van der Waals surface area contributed by atoms with Crippen molar-refractivity contribution in [3.63, 3.8) is 0 Å². The van der Waals surface area contributed by atoms with Crippen molar-refractivity contribution in [3.8, 4) is 0 Å². The van der Waals surface area contributed by atoms with E-state index in [2.05, 4.69) is 5.32 Å². The van der Waals surface area contributed by atoms with Crippen LogP contribution in [0, 0.1) is 11.2 Å². The summed E-state index contributed by atoms with van der Waals surface area (Å²) >= 11 is 1.38. The Morgan fingerprint density at radius 1 is 1.10 bits per heavy atom. The van der Waals surface area contributed by atoms with Crippen LogP contribution < -0.4 is 11.1 Å². The Morgan fingerprint density at radius 3 is 2.37 bits per heavy atom. The standard InChI is InChI=1S/C22H26FN3O3S/c23-17-9-11-19(12-10-17)30-14-18(13-21(28)29)26-20(27)4-2-1-3-15-5-7-16(8-6-15)22(24)25/h5-12,18H,1-4,13-14H2,(H3,24,25)(H,26,27)(H,28,29). The van der Waals surface area contributed by atoms with Gasteiger partial charge in [0.25, 0.3) is 0 Å². The summed E-state index contributed by atoms with van der Waals surface area (Å²) in [7, 11) is 0. The highest BCUT2D eigenvalue weighted by Gasteiger charge is 2.16. The molecule has 2 aromatic carbocycles. The summed E-state index contributed by atoms with van der Waals surface area (Å²) in [6, 6.07) is 12.9. The van der Waals surface area contributed by atoms with Crippen LogP contribution in [0.5, 0.6) is 0 Å². The molecule has 0 spiro atoms. The summed E-state index contributed by atoms with van der Waals surface area (Å²) in [4.78, 5) is 24.1. The van der Waals surface area contributed by atoms with Crippen LogP contribution >= 0.6 is 11.8 Å². The third-order valence-corrected chi connectivity index (χ3v) is 5.61. The Balaban J connectivity index is 1.74. The van der Waals surface area contributed by atoms with Gasteiger partial charge in [0.05, 0.1) is 6.42 Å². The molecule has 0 bridgehead atoms. The van der Waals surface area contributed by atoms with E-state index in [0.717, 1.165) is 23.3 Å². The number of carboxylic acid groups (broad SMARTS) is 1. The van der Waals surface area contributed by atoms with Crippen LogP contribution in [0.1, 0.15) is 36.8 Å². The van der Waals surface area contributed by atoms with E-state index in [1.807, 2.05) is 12.1 Å². The lowest BCUT2D eigenvalue weighted by atomic mass is 10.0. The van der Waals surface area contributed by atoms with Crippen molar-refractivity contribution in [1.82, 2.24) is 5.32 Å². The Kier molecular flexibility index (Phi) is 9.34. The number of amidine groups is 1. The SMILES string of the molecule is N=C(N)c1ccc(CCCCC(=O)NC(CSc2ccc(F)cc2)CC(=O)O)cc1. The number of nitrogen functional groups attached to an aromatic ring is 1. The molecule has 0 saturated carbocycles. The fraction of sp³-hybridized carbons (Fsp3) is 0.318. The van der Waals surface area contributed by atoms with Gasteiger partial charge in [0, 0.05) is 28.7 Å². The fourth-order valence-electron chi connectivity index (χ4n) is 2.86. The summed E-state index contributed by atoms with van der Waals surface area (Å²) in [5, 5.41) is 19.3. The molecule has 2 aromatic rings. The highest BCUT2D eigenvalue weighted by molar-refractivity contribution is 7.99. The van der Waals surface area contributed by atoms with Crippen LogP contribution in [-0.2, 0) is 16.0 Å². The maximum atomic E-state index is 13.0. The summed E-state index contributed by atoms with van der Waals surface area (Å²) in [5.74, 6) is -1.05. The molecule has 5 N–H and O–H groups in total. The molecule has 30 heavy (non-hydrogen) atoms. The summed E-state index contributed by atoms with van der Waals surface area (Å²) in [6.07, 6.45) is 2.47. The second-order valence-electron chi connectivity index (χ2n) is 6.94. The third kappa shape index (κ3) is 8.65. The first-order valence-electron chi connectivity index (χ1n) is 9.66. The summed E-state index contributed by atoms with van der Waals surface area (Å²) in [5.41, 5.74) is 7.23. The number of benzene rings is 2. The molecule has 0 aliphatic carbocycles. The predicted octanol–water partition coefficient (Wildman–Crippen LogP) is 3.57. The Labute approximate surface area is 179 Å². The van der Waals surface area contributed by atoms with Crippen LogP contribution in [0.3, 0.4) is 0 Å². The molecule has 2 rings (SSSR count). The Morgan fingerprint density at radius 2 is 1.77 bits per heavy atom. The van der Waals surface area contributed by atoms with Crippen molar-refractivity contribution in [2.45, 2.75) is 43.0 Å². The van der Waals surface area contributed by atoms with Gasteiger partial charge in [0.15, 0.2) is 0 Å². The lowest BCUT2D eigenvalue weighted by molar-refractivity contribution is -0.137. The first kappa shape index (κ1) is 23.4. The molecule has 1 atom stereocenters. The molecule has 1 unspecified atom stereocenters. The molecular weight excluding hydrogens is 405 g/mol. The van der Waals surface area contributed by atoms with Gasteiger partial charge >= 0.3 is 5.97 Å². The first-order chi connectivity index (χ1) is 14.3. The normalized spacial score (nSPS) is 11.6. The molecule has 0 saturated heterocycles. The zero-order valence-corrected chi connectivity index (χ0v) is 17.4. The fourth-order valence-corrected chi connectivity index (χ4v) is 3.78. The number of carbonyl (C=O) groups excluding carboxylic acids is 1. The molecule has 0 heterocycles. The van der Waals surface area contributed by atoms with Crippen molar-refractivity contribution in [3.05, 3.63) is 65.5 Å². The average molecular weight is 432 g/mol. The molecule has 6 nitrogen and oxygen atoms in total. The monoisotopic (exact) mass is 431 g/mol. The summed E-state index contributed by atoms with van der Waals surface area (Å²) in [6.45, 7) is 0. The number of amides is 1. The van der Waals surface area contributed by atoms with Gasteiger partial charge in [-0.3, -0.25) is 15.0 Å². The van der Waals surface area contributed by atoms with E-state index in [4.69, 9.17) is 16.2 Å². The van der Waals surface area contributed by atoms with E-state index in [0.29, 0.717) is 24.2 Å². The zero-order valence-electron chi connectivity index (χ0n) is 16.6. The van der Waals surface area contributed by atoms with Gasteiger partial charge in [0.2, 0.25) is 5.91 Å². The second kappa shape index (κ2) is 12.0. The van der Waals surface area contributed by atoms with Gasteiger partial charge in [-0.15, -0.1) is 11.8 Å². The quantitative estimate of drug-likeness (QED) is 0.177. The van der Waals surface area contributed by atoms with Crippen LogP contribution in [0.15, 0.2) is 53.4 Å².